The van der Waals surface area contributed by atoms with Crippen LogP contribution in [0.4, 0.5) is 10.6 Å². The lowest BCUT2D eigenvalue weighted by Crippen LogP contribution is -2.39. The topological polar surface area (TPSA) is 79.7 Å². The quantitative estimate of drug-likeness (QED) is 0.319. The van der Waals surface area contributed by atoms with Gasteiger partial charge in [0.25, 0.3) is 0 Å². The van der Waals surface area contributed by atoms with Crippen LogP contribution in [-0.2, 0) is 17.7 Å². The summed E-state index contributed by atoms with van der Waals surface area (Å²) in [5, 5.41) is 7.78. The molecule has 0 unspecified atom stereocenters. The molecule has 0 atom stereocenters. The zero-order valence-corrected chi connectivity index (χ0v) is 19.6. The molecule has 7 nitrogen and oxygen atoms in total. The highest BCUT2D eigenvalue weighted by atomic mass is 32.1. The van der Waals surface area contributed by atoms with E-state index in [-0.39, 0.29) is 6.09 Å². The maximum atomic E-state index is 12.5. The highest BCUT2D eigenvalue weighted by Gasteiger charge is 2.29. The van der Waals surface area contributed by atoms with Gasteiger partial charge in [0.2, 0.25) is 0 Å². The van der Waals surface area contributed by atoms with E-state index in [1.54, 1.807) is 22.6 Å². The van der Waals surface area contributed by atoms with Crippen LogP contribution in [0.5, 0.6) is 0 Å². The van der Waals surface area contributed by atoms with Gasteiger partial charge in [0.05, 0.1) is 18.1 Å². The SMILES string of the molecule is CC(C)(C)OC(=O)N1CCc2c(sc3ncnc(N/N=C/c4cccc5ccccc45)c23)C1. The number of fused-ring (bicyclic) bond motifs is 4. The molecule has 8 heteroatoms. The Labute approximate surface area is 196 Å². The van der Waals surface area contributed by atoms with Crippen molar-refractivity contribution in [2.45, 2.75) is 39.3 Å². The summed E-state index contributed by atoms with van der Waals surface area (Å²) in [6.45, 7) is 6.76. The number of hydrazone groups is 1. The number of aromatic nitrogens is 2. The number of thiophene rings is 1. The molecule has 0 radical (unpaired) electrons. The second-order valence-electron chi connectivity index (χ2n) is 9.00. The van der Waals surface area contributed by atoms with Crippen LogP contribution < -0.4 is 5.43 Å². The zero-order chi connectivity index (χ0) is 23.0. The molecule has 2 aromatic carbocycles. The Morgan fingerprint density at radius 2 is 2.00 bits per heavy atom. The van der Waals surface area contributed by atoms with E-state index in [0.29, 0.717) is 18.9 Å². The molecule has 0 saturated carbocycles. The zero-order valence-electron chi connectivity index (χ0n) is 18.8. The average Bonchev–Trinajstić information content (AvgIpc) is 3.17. The Bertz CT molecular complexity index is 1370. The van der Waals surface area contributed by atoms with Crippen molar-refractivity contribution in [1.29, 1.82) is 0 Å². The van der Waals surface area contributed by atoms with Gasteiger partial charge in [-0.15, -0.1) is 11.3 Å². The number of anilines is 1. The van der Waals surface area contributed by atoms with Crippen molar-refractivity contribution in [1.82, 2.24) is 14.9 Å². The number of hydrogen-bond donors (Lipinski definition) is 1. The third kappa shape index (κ3) is 4.39. The summed E-state index contributed by atoms with van der Waals surface area (Å²) >= 11 is 1.59. The highest BCUT2D eigenvalue weighted by Crippen LogP contribution is 2.37. The molecule has 3 heterocycles. The van der Waals surface area contributed by atoms with Gasteiger partial charge in [-0.25, -0.2) is 14.8 Å². The molecule has 1 amide bonds. The van der Waals surface area contributed by atoms with Crippen molar-refractivity contribution in [3.8, 4) is 0 Å². The van der Waals surface area contributed by atoms with E-state index in [1.807, 2.05) is 51.3 Å². The van der Waals surface area contributed by atoms with Crippen LogP contribution in [0.25, 0.3) is 21.0 Å². The molecule has 1 aliphatic heterocycles. The van der Waals surface area contributed by atoms with Crippen molar-refractivity contribution in [2.75, 3.05) is 12.0 Å². The lowest BCUT2D eigenvalue weighted by atomic mass is 10.1. The fraction of sp³-hybridized carbons (Fsp3) is 0.280. The molecule has 0 fully saturated rings. The lowest BCUT2D eigenvalue weighted by Gasteiger charge is -2.30. The lowest BCUT2D eigenvalue weighted by molar-refractivity contribution is 0.0227. The molecule has 0 aliphatic carbocycles. The molecule has 0 bridgehead atoms. The summed E-state index contributed by atoms with van der Waals surface area (Å²) in [7, 11) is 0. The molecule has 0 spiro atoms. The van der Waals surface area contributed by atoms with E-state index < -0.39 is 5.60 Å². The van der Waals surface area contributed by atoms with Gasteiger partial charge in [0, 0.05) is 17.0 Å². The number of amides is 1. The van der Waals surface area contributed by atoms with Gasteiger partial charge >= 0.3 is 6.09 Å². The number of carbonyl (C=O) groups excluding carboxylic acids is 1. The third-order valence-electron chi connectivity index (χ3n) is 5.49. The summed E-state index contributed by atoms with van der Waals surface area (Å²) in [6, 6.07) is 14.4. The van der Waals surface area contributed by atoms with Crippen molar-refractivity contribution in [2.24, 2.45) is 5.10 Å². The number of ether oxygens (including phenoxy) is 1. The minimum atomic E-state index is -0.512. The summed E-state index contributed by atoms with van der Waals surface area (Å²) in [4.78, 5) is 25.2. The minimum absolute atomic E-state index is 0.283. The standard InChI is InChI=1S/C25H25N5O2S/c1-25(2,3)32-24(31)30-12-11-19-20(14-30)33-23-21(19)22(26-15-27-23)29-28-13-17-9-6-8-16-7-4-5-10-18(16)17/h4-10,13,15H,11-12,14H2,1-3H3,(H,26,27,29)/b28-13+. The molecule has 5 rings (SSSR count). The molecule has 168 valence electrons. The van der Waals surface area contributed by atoms with Crippen LogP contribution in [-0.4, -0.2) is 39.3 Å². The smallest absolute Gasteiger partial charge is 0.410 e. The fourth-order valence-corrected chi connectivity index (χ4v) is 5.22. The first-order valence-corrected chi connectivity index (χ1v) is 11.7. The third-order valence-corrected chi connectivity index (χ3v) is 6.61. The summed E-state index contributed by atoms with van der Waals surface area (Å²) < 4.78 is 5.55. The van der Waals surface area contributed by atoms with Crippen LogP contribution in [0, 0.1) is 0 Å². The van der Waals surface area contributed by atoms with E-state index in [4.69, 9.17) is 4.74 Å². The van der Waals surface area contributed by atoms with Crippen LogP contribution in [0.15, 0.2) is 53.9 Å². The first kappa shape index (κ1) is 21.3. The van der Waals surface area contributed by atoms with Crippen LogP contribution in [0.2, 0.25) is 0 Å². The summed E-state index contributed by atoms with van der Waals surface area (Å²) in [5.41, 5.74) is 4.82. The van der Waals surface area contributed by atoms with Gasteiger partial charge in [0.1, 0.15) is 16.8 Å². The van der Waals surface area contributed by atoms with E-state index >= 15 is 0 Å². The fourth-order valence-electron chi connectivity index (χ4n) is 4.02. The minimum Gasteiger partial charge on any atom is -0.444 e. The maximum absolute atomic E-state index is 12.5. The molecule has 1 aliphatic rings. The second kappa shape index (κ2) is 8.44. The van der Waals surface area contributed by atoms with Crippen molar-refractivity contribution in [3.63, 3.8) is 0 Å². The number of carbonyl (C=O) groups is 1. The number of rotatable bonds is 3. The van der Waals surface area contributed by atoms with Crippen molar-refractivity contribution >= 4 is 50.5 Å². The normalized spacial score (nSPS) is 14.1. The predicted molar refractivity (Wildman–Crippen MR) is 133 cm³/mol. The summed E-state index contributed by atoms with van der Waals surface area (Å²) in [5.74, 6) is 0.680. The van der Waals surface area contributed by atoms with Gasteiger partial charge in [-0.1, -0.05) is 42.5 Å². The van der Waals surface area contributed by atoms with E-state index in [1.165, 1.54) is 10.9 Å². The second-order valence-corrected chi connectivity index (χ2v) is 10.1. The predicted octanol–water partition coefficient (Wildman–Crippen LogP) is 5.58. The Morgan fingerprint density at radius 1 is 1.18 bits per heavy atom. The van der Waals surface area contributed by atoms with Gasteiger partial charge < -0.3 is 9.64 Å². The Balaban J connectivity index is 1.40. The average molecular weight is 460 g/mol. The highest BCUT2D eigenvalue weighted by molar-refractivity contribution is 7.19. The van der Waals surface area contributed by atoms with E-state index in [2.05, 4.69) is 38.7 Å². The first-order chi connectivity index (χ1) is 15.9. The molecule has 2 aromatic heterocycles. The Morgan fingerprint density at radius 3 is 2.85 bits per heavy atom. The van der Waals surface area contributed by atoms with Gasteiger partial charge in [-0.05, 0) is 43.5 Å². The van der Waals surface area contributed by atoms with Crippen LogP contribution in [0.3, 0.4) is 0 Å². The first-order valence-electron chi connectivity index (χ1n) is 10.9. The van der Waals surface area contributed by atoms with Crippen molar-refractivity contribution in [3.05, 3.63) is 64.8 Å². The molecular formula is C25H25N5O2S. The summed E-state index contributed by atoms with van der Waals surface area (Å²) in [6.07, 6.45) is 3.81. The van der Waals surface area contributed by atoms with E-state index in [0.717, 1.165) is 32.5 Å². The Kier molecular flexibility index (Phi) is 5.46. The molecule has 1 N–H and O–H groups in total. The van der Waals surface area contributed by atoms with Crippen LogP contribution >= 0.6 is 11.3 Å². The molecule has 33 heavy (non-hydrogen) atoms. The Hall–Kier alpha value is -3.52. The number of benzene rings is 2. The van der Waals surface area contributed by atoms with E-state index in [9.17, 15) is 4.79 Å². The van der Waals surface area contributed by atoms with Crippen molar-refractivity contribution < 1.29 is 9.53 Å². The molecule has 0 saturated heterocycles. The van der Waals surface area contributed by atoms with Gasteiger partial charge in [-0.2, -0.15) is 5.10 Å². The van der Waals surface area contributed by atoms with Gasteiger partial charge in [0.15, 0.2) is 5.82 Å². The van der Waals surface area contributed by atoms with Gasteiger partial charge in [-0.3, -0.25) is 5.43 Å². The molecule has 4 aromatic rings. The maximum Gasteiger partial charge on any atom is 0.410 e. The monoisotopic (exact) mass is 459 g/mol. The number of nitrogens with one attached hydrogen (secondary N) is 1. The largest absolute Gasteiger partial charge is 0.444 e. The number of hydrogen-bond acceptors (Lipinski definition) is 7. The van der Waals surface area contributed by atoms with Crippen LogP contribution in [0.1, 0.15) is 36.8 Å². The number of nitrogens with zero attached hydrogens (tertiary/aromatic N) is 4. The molecular weight excluding hydrogens is 434 g/mol.